The van der Waals surface area contributed by atoms with Crippen LogP contribution in [0.1, 0.15) is 17.5 Å². The predicted molar refractivity (Wildman–Crippen MR) is 61.2 cm³/mol. The SMILES string of the molecule is CNCCC#Cc1ccc(CC#N)cc1. The van der Waals surface area contributed by atoms with Crippen LogP contribution in [0, 0.1) is 23.2 Å². The molecule has 76 valence electrons. The van der Waals surface area contributed by atoms with E-state index >= 15 is 0 Å². The molecule has 0 heterocycles. The number of benzene rings is 1. The average molecular weight is 198 g/mol. The molecule has 2 nitrogen and oxygen atoms in total. The lowest BCUT2D eigenvalue weighted by Crippen LogP contribution is -2.05. The highest BCUT2D eigenvalue weighted by Gasteiger charge is 1.90. The van der Waals surface area contributed by atoms with Crippen LogP contribution in [0.25, 0.3) is 0 Å². The number of nitrogens with one attached hydrogen (secondary N) is 1. The molecule has 0 saturated carbocycles. The van der Waals surface area contributed by atoms with Crippen molar-refractivity contribution >= 4 is 0 Å². The Morgan fingerprint density at radius 3 is 2.60 bits per heavy atom. The van der Waals surface area contributed by atoms with Crippen LogP contribution in [0.15, 0.2) is 24.3 Å². The largest absolute Gasteiger partial charge is 0.319 e. The highest BCUT2D eigenvalue weighted by atomic mass is 14.8. The maximum atomic E-state index is 8.50. The van der Waals surface area contributed by atoms with E-state index in [9.17, 15) is 0 Å². The standard InChI is InChI=1S/C13H14N2/c1-15-11-3-2-4-12-5-7-13(8-6-12)9-10-14/h5-8,15H,3,9,11H2,1H3. The minimum Gasteiger partial charge on any atom is -0.319 e. The van der Waals surface area contributed by atoms with Gasteiger partial charge in [0.25, 0.3) is 0 Å². The molecule has 1 aromatic carbocycles. The first-order chi connectivity index (χ1) is 7.36. The fourth-order valence-electron chi connectivity index (χ4n) is 1.15. The molecule has 0 amide bonds. The zero-order valence-electron chi connectivity index (χ0n) is 8.88. The van der Waals surface area contributed by atoms with E-state index < -0.39 is 0 Å². The van der Waals surface area contributed by atoms with Crippen LogP contribution in [-0.2, 0) is 6.42 Å². The smallest absolute Gasteiger partial charge is 0.0669 e. The predicted octanol–water partition coefficient (Wildman–Crippen LogP) is 1.71. The quantitative estimate of drug-likeness (QED) is 0.593. The lowest BCUT2D eigenvalue weighted by Gasteiger charge is -1.94. The summed E-state index contributed by atoms with van der Waals surface area (Å²) in [7, 11) is 1.92. The van der Waals surface area contributed by atoms with Crippen LogP contribution in [0.5, 0.6) is 0 Å². The Hall–Kier alpha value is -1.77. The summed E-state index contributed by atoms with van der Waals surface area (Å²) in [5.74, 6) is 6.15. The molecule has 1 rings (SSSR count). The van der Waals surface area contributed by atoms with Gasteiger partial charge in [0.1, 0.15) is 0 Å². The molecule has 0 saturated heterocycles. The number of nitrogens with zero attached hydrogens (tertiary/aromatic N) is 1. The van der Waals surface area contributed by atoms with E-state index in [-0.39, 0.29) is 0 Å². The van der Waals surface area contributed by atoms with Crippen LogP contribution in [-0.4, -0.2) is 13.6 Å². The van der Waals surface area contributed by atoms with Crippen molar-refractivity contribution in [2.45, 2.75) is 12.8 Å². The molecule has 2 heteroatoms. The summed E-state index contributed by atoms with van der Waals surface area (Å²) in [5.41, 5.74) is 2.05. The van der Waals surface area contributed by atoms with Gasteiger partial charge < -0.3 is 5.32 Å². The van der Waals surface area contributed by atoms with E-state index in [0.29, 0.717) is 6.42 Å². The van der Waals surface area contributed by atoms with Gasteiger partial charge in [0.2, 0.25) is 0 Å². The molecule has 1 N–H and O–H groups in total. The number of rotatable bonds is 3. The Labute approximate surface area is 90.9 Å². The van der Waals surface area contributed by atoms with E-state index in [1.807, 2.05) is 31.3 Å². The normalized spacial score (nSPS) is 8.80. The number of nitriles is 1. The Balaban J connectivity index is 2.55. The summed E-state index contributed by atoms with van der Waals surface area (Å²) >= 11 is 0. The summed E-state index contributed by atoms with van der Waals surface area (Å²) in [6.07, 6.45) is 1.32. The summed E-state index contributed by atoms with van der Waals surface area (Å²) < 4.78 is 0. The molecule has 0 unspecified atom stereocenters. The Morgan fingerprint density at radius 1 is 1.27 bits per heavy atom. The van der Waals surface area contributed by atoms with Crippen molar-refractivity contribution in [2.75, 3.05) is 13.6 Å². The van der Waals surface area contributed by atoms with Crippen molar-refractivity contribution in [3.63, 3.8) is 0 Å². The van der Waals surface area contributed by atoms with Gasteiger partial charge in [-0.05, 0) is 24.7 Å². The molecule has 0 radical (unpaired) electrons. The third kappa shape index (κ3) is 4.31. The van der Waals surface area contributed by atoms with Crippen molar-refractivity contribution in [3.05, 3.63) is 35.4 Å². The molecular formula is C13H14N2. The fraction of sp³-hybridized carbons (Fsp3) is 0.308. The van der Waals surface area contributed by atoms with Crippen LogP contribution < -0.4 is 5.32 Å². The summed E-state index contributed by atoms with van der Waals surface area (Å²) in [6.45, 7) is 0.916. The monoisotopic (exact) mass is 198 g/mol. The van der Waals surface area contributed by atoms with Gasteiger partial charge in [-0.15, -0.1) is 0 Å². The maximum absolute atomic E-state index is 8.50. The lowest BCUT2D eigenvalue weighted by atomic mass is 10.1. The molecular weight excluding hydrogens is 184 g/mol. The van der Waals surface area contributed by atoms with Crippen LogP contribution in [0.3, 0.4) is 0 Å². The molecule has 0 aliphatic carbocycles. The van der Waals surface area contributed by atoms with Gasteiger partial charge in [0.05, 0.1) is 12.5 Å². The molecule has 1 aromatic rings. The highest BCUT2D eigenvalue weighted by Crippen LogP contribution is 2.03. The zero-order valence-corrected chi connectivity index (χ0v) is 8.88. The lowest BCUT2D eigenvalue weighted by molar-refractivity contribution is 0.818. The molecule has 0 aliphatic heterocycles. The summed E-state index contributed by atoms with van der Waals surface area (Å²) in [6, 6.07) is 9.93. The van der Waals surface area contributed by atoms with Crippen LogP contribution in [0.4, 0.5) is 0 Å². The van der Waals surface area contributed by atoms with E-state index in [4.69, 9.17) is 5.26 Å². The molecule has 0 spiro atoms. The summed E-state index contributed by atoms with van der Waals surface area (Å²) in [4.78, 5) is 0. The number of hydrogen-bond donors (Lipinski definition) is 1. The zero-order chi connectivity index (χ0) is 10.9. The molecule has 0 aromatic heterocycles. The van der Waals surface area contributed by atoms with E-state index in [1.165, 1.54) is 0 Å². The van der Waals surface area contributed by atoms with Crippen LogP contribution in [0.2, 0.25) is 0 Å². The maximum Gasteiger partial charge on any atom is 0.0669 e. The third-order valence-corrected chi connectivity index (χ3v) is 1.97. The van der Waals surface area contributed by atoms with Crippen molar-refractivity contribution in [1.29, 1.82) is 5.26 Å². The van der Waals surface area contributed by atoms with E-state index in [1.54, 1.807) is 0 Å². The minimum atomic E-state index is 0.466. The van der Waals surface area contributed by atoms with Gasteiger partial charge in [0, 0.05) is 18.5 Å². The van der Waals surface area contributed by atoms with Gasteiger partial charge >= 0.3 is 0 Å². The second-order valence-corrected chi connectivity index (χ2v) is 3.19. The fourth-order valence-corrected chi connectivity index (χ4v) is 1.15. The molecule has 0 fully saturated rings. The molecule has 15 heavy (non-hydrogen) atoms. The van der Waals surface area contributed by atoms with E-state index in [2.05, 4.69) is 23.2 Å². The Morgan fingerprint density at radius 2 is 2.00 bits per heavy atom. The van der Waals surface area contributed by atoms with Gasteiger partial charge in [-0.2, -0.15) is 5.26 Å². The average Bonchev–Trinajstić information content (AvgIpc) is 2.27. The van der Waals surface area contributed by atoms with Crippen molar-refractivity contribution < 1.29 is 0 Å². The van der Waals surface area contributed by atoms with Crippen LogP contribution >= 0.6 is 0 Å². The van der Waals surface area contributed by atoms with Crippen molar-refractivity contribution in [1.82, 2.24) is 5.32 Å². The molecule has 0 atom stereocenters. The first-order valence-corrected chi connectivity index (χ1v) is 4.96. The van der Waals surface area contributed by atoms with Crippen molar-refractivity contribution in [3.8, 4) is 17.9 Å². The second-order valence-electron chi connectivity index (χ2n) is 3.19. The molecule has 0 aliphatic rings. The number of hydrogen-bond acceptors (Lipinski definition) is 2. The summed E-state index contributed by atoms with van der Waals surface area (Å²) in [5, 5.41) is 11.5. The van der Waals surface area contributed by atoms with Gasteiger partial charge in [0.15, 0.2) is 0 Å². The van der Waals surface area contributed by atoms with Gasteiger partial charge in [-0.25, -0.2) is 0 Å². The minimum absolute atomic E-state index is 0.466. The first kappa shape index (κ1) is 11.3. The topological polar surface area (TPSA) is 35.8 Å². The highest BCUT2D eigenvalue weighted by molar-refractivity contribution is 5.36. The second kappa shape index (κ2) is 6.65. The van der Waals surface area contributed by atoms with Gasteiger partial charge in [-0.3, -0.25) is 0 Å². The van der Waals surface area contributed by atoms with Gasteiger partial charge in [-0.1, -0.05) is 24.0 Å². The van der Waals surface area contributed by atoms with E-state index in [0.717, 1.165) is 24.1 Å². The Bertz CT molecular complexity index is 387. The van der Waals surface area contributed by atoms with Crippen molar-refractivity contribution in [2.24, 2.45) is 0 Å². The Kier molecular flexibility index (Phi) is 5.01. The molecule has 0 bridgehead atoms. The third-order valence-electron chi connectivity index (χ3n) is 1.97. The first-order valence-electron chi connectivity index (χ1n) is 4.96.